The summed E-state index contributed by atoms with van der Waals surface area (Å²) in [5.74, 6) is 0.253. The summed E-state index contributed by atoms with van der Waals surface area (Å²) in [6.07, 6.45) is 3.87. The Hall–Kier alpha value is -2.57. The third-order valence-corrected chi connectivity index (χ3v) is 5.49. The second-order valence-electron chi connectivity index (χ2n) is 7.57. The Morgan fingerprint density at radius 3 is 2.48 bits per heavy atom. The van der Waals surface area contributed by atoms with Gasteiger partial charge in [0.2, 0.25) is 5.91 Å². The Bertz CT molecular complexity index is 800. The second-order valence-corrected chi connectivity index (χ2v) is 7.57. The molecule has 0 radical (unpaired) electrons. The molecule has 1 amide bonds. The van der Waals surface area contributed by atoms with Crippen LogP contribution < -0.4 is 0 Å². The van der Waals surface area contributed by atoms with Crippen LogP contribution in [0.25, 0.3) is 0 Å². The summed E-state index contributed by atoms with van der Waals surface area (Å²) in [6, 6.07) is 13.5. The van der Waals surface area contributed by atoms with Gasteiger partial charge in [-0.3, -0.25) is 19.5 Å². The average Bonchev–Trinajstić information content (AvgIpc) is 2.76. The maximum atomic E-state index is 12.7. The Morgan fingerprint density at radius 2 is 1.86 bits per heavy atom. The van der Waals surface area contributed by atoms with Crippen LogP contribution in [0.5, 0.6) is 0 Å². The first-order valence-electron chi connectivity index (χ1n) is 10.1. The molecule has 1 aliphatic heterocycles. The van der Waals surface area contributed by atoms with Crippen LogP contribution in [-0.4, -0.2) is 66.3 Å². The number of aromatic nitrogens is 1. The summed E-state index contributed by atoms with van der Waals surface area (Å²) in [7, 11) is 3.52. The minimum Gasteiger partial charge on any atom is -0.378 e. The molecule has 1 aromatic carbocycles. The third-order valence-electron chi connectivity index (χ3n) is 5.49. The predicted octanol–water partition coefficient (Wildman–Crippen LogP) is 2.58. The molecule has 0 bridgehead atoms. The molecule has 6 heteroatoms. The topological polar surface area (TPSA) is 62.7 Å². The number of carbonyl (C=O) groups excluding carboxylic acids is 2. The number of pyridine rings is 1. The van der Waals surface area contributed by atoms with Gasteiger partial charge in [0, 0.05) is 45.0 Å². The smallest absolute Gasteiger partial charge is 0.227 e. The highest BCUT2D eigenvalue weighted by molar-refractivity contribution is 5.97. The number of carbonyl (C=O) groups is 2. The third kappa shape index (κ3) is 5.95. The van der Waals surface area contributed by atoms with E-state index in [0.717, 1.165) is 42.8 Å². The monoisotopic (exact) mass is 395 g/mol. The Labute approximate surface area is 172 Å². The molecule has 0 unspecified atom stereocenters. The molecule has 0 N–H and O–H groups in total. The van der Waals surface area contributed by atoms with Gasteiger partial charge in [-0.25, -0.2) is 0 Å². The molecule has 6 nitrogen and oxygen atoms in total. The van der Waals surface area contributed by atoms with Gasteiger partial charge >= 0.3 is 0 Å². The van der Waals surface area contributed by atoms with E-state index in [9.17, 15) is 9.59 Å². The van der Waals surface area contributed by atoms with Crippen LogP contribution in [0.1, 0.15) is 34.5 Å². The average molecular weight is 396 g/mol. The lowest BCUT2D eigenvalue weighted by atomic mass is 10.0. The van der Waals surface area contributed by atoms with Crippen molar-refractivity contribution in [3.05, 3.63) is 65.5 Å². The van der Waals surface area contributed by atoms with Gasteiger partial charge in [-0.1, -0.05) is 36.4 Å². The molecular formula is C23H29N3O3. The molecule has 154 valence electrons. The molecule has 0 aliphatic carbocycles. The lowest BCUT2D eigenvalue weighted by Gasteiger charge is -2.36. The van der Waals surface area contributed by atoms with Crippen molar-refractivity contribution in [2.45, 2.75) is 31.9 Å². The zero-order valence-corrected chi connectivity index (χ0v) is 17.2. The molecule has 0 spiro atoms. The highest BCUT2D eigenvalue weighted by Gasteiger charge is 2.26. The van der Waals surface area contributed by atoms with E-state index in [0.29, 0.717) is 19.6 Å². The maximum Gasteiger partial charge on any atom is 0.227 e. The van der Waals surface area contributed by atoms with E-state index in [1.54, 1.807) is 13.3 Å². The largest absolute Gasteiger partial charge is 0.378 e. The summed E-state index contributed by atoms with van der Waals surface area (Å²) in [5.41, 5.74) is 2.52. The number of hydrogen-bond donors (Lipinski definition) is 0. The van der Waals surface area contributed by atoms with Crippen molar-refractivity contribution in [2.24, 2.45) is 0 Å². The number of likely N-dealkylation sites (N-methyl/N-ethyl adjacent to an activating group) is 1. The van der Waals surface area contributed by atoms with Crippen molar-refractivity contribution in [2.75, 3.05) is 33.8 Å². The van der Waals surface area contributed by atoms with Gasteiger partial charge in [-0.05, 0) is 24.5 Å². The molecule has 1 fully saturated rings. The lowest BCUT2D eigenvalue weighted by Crippen LogP contribution is -2.47. The van der Waals surface area contributed by atoms with E-state index in [4.69, 9.17) is 4.74 Å². The first-order chi connectivity index (χ1) is 14.1. The number of hydrogen-bond acceptors (Lipinski definition) is 5. The van der Waals surface area contributed by atoms with Crippen molar-refractivity contribution < 1.29 is 14.3 Å². The van der Waals surface area contributed by atoms with Gasteiger partial charge in [0.15, 0.2) is 5.78 Å². The highest BCUT2D eigenvalue weighted by Crippen LogP contribution is 2.17. The summed E-state index contributed by atoms with van der Waals surface area (Å²) < 4.78 is 5.06. The van der Waals surface area contributed by atoms with Crippen LogP contribution in [0.15, 0.2) is 48.7 Å². The number of likely N-dealkylation sites (tertiary alicyclic amines) is 1. The Kier molecular flexibility index (Phi) is 7.49. The zero-order chi connectivity index (χ0) is 20.6. The fraction of sp³-hybridized carbons (Fsp3) is 0.435. The molecule has 1 aromatic heterocycles. The van der Waals surface area contributed by atoms with Gasteiger partial charge in [-0.15, -0.1) is 0 Å². The van der Waals surface area contributed by atoms with Gasteiger partial charge in [0.05, 0.1) is 25.3 Å². The zero-order valence-electron chi connectivity index (χ0n) is 17.2. The number of ether oxygens (including phenoxy) is 1. The number of methoxy groups -OCH3 is 1. The lowest BCUT2D eigenvalue weighted by molar-refractivity contribution is -0.132. The van der Waals surface area contributed by atoms with E-state index < -0.39 is 0 Å². The number of piperidine rings is 1. The van der Waals surface area contributed by atoms with Crippen molar-refractivity contribution in [3.8, 4) is 0 Å². The van der Waals surface area contributed by atoms with Crippen LogP contribution in [0, 0.1) is 0 Å². The molecule has 1 saturated heterocycles. The molecule has 3 rings (SSSR count). The van der Waals surface area contributed by atoms with E-state index >= 15 is 0 Å². The number of benzene rings is 1. The van der Waals surface area contributed by atoms with Crippen molar-refractivity contribution in [1.82, 2.24) is 14.8 Å². The van der Waals surface area contributed by atoms with E-state index in [1.807, 2.05) is 54.4 Å². The van der Waals surface area contributed by atoms with E-state index in [1.165, 1.54) is 0 Å². The molecule has 2 heterocycles. The molecule has 1 aliphatic rings. The number of ketones is 1. The molecular weight excluding hydrogens is 366 g/mol. The number of nitrogens with zero attached hydrogens (tertiary/aromatic N) is 3. The van der Waals surface area contributed by atoms with Gasteiger partial charge < -0.3 is 9.64 Å². The summed E-state index contributed by atoms with van der Waals surface area (Å²) >= 11 is 0. The number of Topliss-reactive ketones (excluding diaryl/α,β-unsaturated/α-hetero) is 1. The molecule has 0 saturated carbocycles. The van der Waals surface area contributed by atoms with Crippen molar-refractivity contribution in [1.29, 1.82) is 0 Å². The maximum absolute atomic E-state index is 12.7. The Morgan fingerprint density at radius 1 is 1.14 bits per heavy atom. The SMILES string of the molecule is COCc1ccc(CC(=O)N(C)C2CCN(CC(=O)c3ccccc3)CC2)cn1. The van der Waals surface area contributed by atoms with Gasteiger partial charge in [0.25, 0.3) is 0 Å². The minimum absolute atomic E-state index is 0.102. The number of rotatable bonds is 8. The second kappa shape index (κ2) is 10.3. The fourth-order valence-electron chi connectivity index (χ4n) is 3.68. The number of amides is 1. The molecule has 29 heavy (non-hydrogen) atoms. The Balaban J connectivity index is 1.45. The standard InChI is InChI=1S/C23H29N3O3/c1-25(23(28)14-18-8-9-20(17-29-2)24-15-18)21-10-12-26(13-11-21)16-22(27)19-6-4-3-5-7-19/h3-9,15,21H,10-14,16-17H2,1-2H3. The predicted molar refractivity (Wildman–Crippen MR) is 112 cm³/mol. The van der Waals surface area contributed by atoms with Crippen LogP contribution in [0.3, 0.4) is 0 Å². The fourth-order valence-corrected chi connectivity index (χ4v) is 3.68. The minimum atomic E-state index is 0.102. The van der Waals surface area contributed by atoms with E-state index in [2.05, 4.69) is 9.88 Å². The van der Waals surface area contributed by atoms with Crippen molar-refractivity contribution >= 4 is 11.7 Å². The summed E-state index contributed by atoms with van der Waals surface area (Å²) in [4.78, 5) is 33.4. The van der Waals surface area contributed by atoms with Crippen LogP contribution in [0.4, 0.5) is 0 Å². The highest BCUT2D eigenvalue weighted by atomic mass is 16.5. The van der Waals surface area contributed by atoms with Crippen LogP contribution >= 0.6 is 0 Å². The van der Waals surface area contributed by atoms with E-state index in [-0.39, 0.29) is 17.7 Å². The normalized spacial score (nSPS) is 15.2. The van der Waals surface area contributed by atoms with Gasteiger partial charge in [-0.2, -0.15) is 0 Å². The summed E-state index contributed by atoms with van der Waals surface area (Å²) in [5, 5.41) is 0. The molecule has 0 atom stereocenters. The van der Waals surface area contributed by atoms with Crippen LogP contribution in [0.2, 0.25) is 0 Å². The quantitative estimate of drug-likeness (QED) is 0.643. The first kappa shape index (κ1) is 21.1. The summed E-state index contributed by atoms with van der Waals surface area (Å²) in [6.45, 7) is 2.57. The van der Waals surface area contributed by atoms with Gasteiger partial charge in [0.1, 0.15) is 0 Å². The van der Waals surface area contributed by atoms with Crippen molar-refractivity contribution in [3.63, 3.8) is 0 Å². The first-order valence-corrected chi connectivity index (χ1v) is 10.1. The molecule has 2 aromatic rings. The van der Waals surface area contributed by atoms with Crippen LogP contribution in [-0.2, 0) is 22.6 Å².